The summed E-state index contributed by atoms with van der Waals surface area (Å²) in [6.07, 6.45) is 1.75. The Bertz CT molecular complexity index is 512. The van der Waals surface area contributed by atoms with E-state index in [-0.39, 0.29) is 35.8 Å². The Kier molecular flexibility index (Phi) is 5.32. The van der Waals surface area contributed by atoms with Crippen molar-refractivity contribution < 1.29 is 9.90 Å². The fourth-order valence-corrected chi connectivity index (χ4v) is 3.73. The van der Waals surface area contributed by atoms with Crippen LogP contribution in [0, 0.1) is 0 Å². The SMILES string of the molecule is CC1(C)CC(NC(=O)N[C@H](CO)c2ccccc2)CC(C)(C)N1. The predicted octanol–water partition coefficient (Wildman–Crippen LogP) is 2.33. The van der Waals surface area contributed by atoms with Crippen LogP contribution in [-0.4, -0.2) is 34.9 Å². The van der Waals surface area contributed by atoms with Gasteiger partial charge in [0, 0.05) is 17.1 Å². The molecule has 0 unspecified atom stereocenters. The third kappa shape index (κ3) is 5.22. The number of urea groups is 1. The first-order valence-corrected chi connectivity index (χ1v) is 8.23. The van der Waals surface area contributed by atoms with Gasteiger partial charge in [-0.05, 0) is 46.1 Å². The van der Waals surface area contributed by atoms with E-state index in [2.05, 4.69) is 43.6 Å². The van der Waals surface area contributed by atoms with E-state index in [1.54, 1.807) is 0 Å². The number of hydrogen-bond donors (Lipinski definition) is 4. The second-order valence-electron chi connectivity index (χ2n) is 7.76. The number of aliphatic hydroxyl groups is 1. The molecule has 128 valence electrons. The fourth-order valence-electron chi connectivity index (χ4n) is 3.73. The van der Waals surface area contributed by atoms with E-state index in [1.807, 2.05) is 30.3 Å². The van der Waals surface area contributed by atoms with E-state index in [0.717, 1.165) is 18.4 Å². The smallest absolute Gasteiger partial charge is 0.315 e. The van der Waals surface area contributed by atoms with Gasteiger partial charge in [0.05, 0.1) is 12.6 Å². The molecule has 1 fully saturated rings. The van der Waals surface area contributed by atoms with Crippen LogP contribution in [0.15, 0.2) is 30.3 Å². The second kappa shape index (κ2) is 6.89. The molecule has 0 saturated carbocycles. The zero-order valence-corrected chi connectivity index (χ0v) is 14.5. The van der Waals surface area contributed by atoms with Crippen molar-refractivity contribution in [2.45, 2.75) is 63.7 Å². The molecule has 1 heterocycles. The van der Waals surface area contributed by atoms with Crippen LogP contribution >= 0.6 is 0 Å². The highest BCUT2D eigenvalue weighted by Crippen LogP contribution is 2.28. The molecule has 4 N–H and O–H groups in total. The summed E-state index contributed by atoms with van der Waals surface area (Å²) in [6, 6.07) is 9.00. The van der Waals surface area contributed by atoms with E-state index in [0.29, 0.717) is 0 Å². The molecule has 0 aliphatic carbocycles. The summed E-state index contributed by atoms with van der Waals surface area (Å²) in [5.41, 5.74) is 0.862. The summed E-state index contributed by atoms with van der Waals surface area (Å²) >= 11 is 0. The lowest BCUT2D eigenvalue weighted by molar-refractivity contribution is 0.146. The summed E-state index contributed by atoms with van der Waals surface area (Å²) in [7, 11) is 0. The molecule has 0 aromatic heterocycles. The third-order valence-electron chi connectivity index (χ3n) is 4.22. The minimum Gasteiger partial charge on any atom is -0.394 e. The van der Waals surface area contributed by atoms with E-state index in [4.69, 9.17) is 0 Å². The Hall–Kier alpha value is -1.59. The highest BCUT2D eigenvalue weighted by Gasteiger charge is 2.38. The van der Waals surface area contributed by atoms with Crippen molar-refractivity contribution in [3.8, 4) is 0 Å². The van der Waals surface area contributed by atoms with E-state index >= 15 is 0 Å². The highest BCUT2D eigenvalue weighted by atomic mass is 16.3. The van der Waals surface area contributed by atoms with Gasteiger partial charge in [-0.2, -0.15) is 0 Å². The van der Waals surface area contributed by atoms with Gasteiger partial charge in [-0.3, -0.25) is 0 Å². The van der Waals surface area contributed by atoms with Crippen LogP contribution in [0.2, 0.25) is 0 Å². The lowest BCUT2D eigenvalue weighted by atomic mass is 9.80. The third-order valence-corrected chi connectivity index (χ3v) is 4.22. The Balaban J connectivity index is 1.96. The largest absolute Gasteiger partial charge is 0.394 e. The molecule has 0 bridgehead atoms. The molecule has 5 nitrogen and oxygen atoms in total. The topological polar surface area (TPSA) is 73.4 Å². The number of carbonyl (C=O) groups is 1. The molecular formula is C18H29N3O2. The van der Waals surface area contributed by atoms with Gasteiger partial charge in [0.15, 0.2) is 0 Å². The molecule has 5 heteroatoms. The first-order chi connectivity index (χ1) is 10.7. The van der Waals surface area contributed by atoms with Crippen molar-refractivity contribution in [3.63, 3.8) is 0 Å². The van der Waals surface area contributed by atoms with Crippen LogP contribution < -0.4 is 16.0 Å². The molecule has 1 aromatic carbocycles. The highest BCUT2D eigenvalue weighted by molar-refractivity contribution is 5.74. The molecule has 1 aromatic rings. The van der Waals surface area contributed by atoms with Crippen LogP contribution in [0.25, 0.3) is 0 Å². The van der Waals surface area contributed by atoms with Crippen LogP contribution in [0.1, 0.15) is 52.1 Å². The predicted molar refractivity (Wildman–Crippen MR) is 92.3 cm³/mol. The van der Waals surface area contributed by atoms with Gasteiger partial charge in [-0.25, -0.2) is 4.79 Å². The van der Waals surface area contributed by atoms with Crippen LogP contribution in [0.5, 0.6) is 0 Å². The van der Waals surface area contributed by atoms with E-state index in [1.165, 1.54) is 0 Å². The van der Waals surface area contributed by atoms with Crippen molar-refractivity contribution in [1.29, 1.82) is 0 Å². The van der Waals surface area contributed by atoms with Crippen molar-refractivity contribution in [2.24, 2.45) is 0 Å². The molecule has 1 saturated heterocycles. The molecule has 0 spiro atoms. The molecule has 1 aliphatic heterocycles. The molecule has 2 rings (SSSR count). The van der Waals surface area contributed by atoms with Gasteiger partial charge < -0.3 is 21.1 Å². The lowest BCUT2D eigenvalue weighted by Crippen LogP contribution is -2.62. The minimum absolute atomic E-state index is 0.0183. The maximum atomic E-state index is 12.3. The number of carbonyl (C=O) groups excluding carboxylic acids is 1. The number of rotatable bonds is 4. The summed E-state index contributed by atoms with van der Waals surface area (Å²) in [5, 5.41) is 19.1. The molecule has 1 aliphatic rings. The second-order valence-corrected chi connectivity index (χ2v) is 7.76. The fraction of sp³-hybridized carbons (Fsp3) is 0.611. The van der Waals surface area contributed by atoms with Gasteiger partial charge in [0.2, 0.25) is 0 Å². The molecular weight excluding hydrogens is 290 g/mol. The average molecular weight is 319 g/mol. The lowest BCUT2D eigenvalue weighted by Gasteiger charge is -2.46. The van der Waals surface area contributed by atoms with Gasteiger partial charge in [0.25, 0.3) is 0 Å². The Morgan fingerprint density at radius 2 is 1.78 bits per heavy atom. The first-order valence-electron chi connectivity index (χ1n) is 8.23. The zero-order chi connectivity index (χ0) is 17.1. The van der Waals surface area contributed by atoms with Crippen molar-refractivity contribution >= 4 is 6.03 Å². The molecule has 1 atom stereocenters. The first kappa shape index (κ1) is 17.8. The molecule has 0 radical (unpaired) electrons. The maximum absolute atomic E-state index is 12.3. The van der Waals surface area contributed by atoms with Gasteiger partial charge in [-0.15, -0.1) is 0 Å². The van der Waals surface area contributed by atoms with Crippen LogP contribution in [0.4, 0.5) is 4.79 Å². The summed E-state index contributed by atoms with van der Waals surface area (Å²) in [6.45, 7) is 8.49. The van der Waals surface area contributed by atoms with Gasteiger partial charge >= 0.3 is 6.03 Å². The normalized spacial score (nSPS) is 21.4. The summed E-state index contributed by atoms with van der Waals surface area (Å²) in [5.74, 6) is 0. The number of nitrogens with one attached hydrogen (secondary N) is 3. The van der Waals surface area contributed by atoms with Crippen LogP contribution in [-0.2, 0) is 0 Å². The van der Waals surface area contributed by atoms with Crippen molar-refractivity contribution in [3.05, 3.63) is 35.9 Å². The standard InChI is InChI=1S/C18H29N3O2/c1-17(2)10-14(11-18(3,4)21-17)19-16(23)20-15(12-22)13-8-6-5-7-9-13/h5-9,14-15,21-22H,10-12H2,1-4H3,(H2,19,20,23)/t15-/m1/s1. The Labute approximate surface area is 138 Å². The number of hydrogen-bond acceptors (Lipinski definition) is 3. The van der Waals surface area contributed by atoms with Crippen molar-refractivity contribution in [2.75, 3.05) is 6.61 Å². The van der Waals surface area contributed by atoms with E-state index < -0.39 is 0 Å². The molecule has 2 amide bonds. The number of benzene rings is 1. The van der Waals surface area contributed by atoms with E-state index in [9.17, 15) is 9.90 Å². The molecule has 23 heavy (non-hydrogen) atoms. The minimum atomic E-state index is -0.390. The Morgan fingerprint density at radius 3 is 2.30 bits per heavy atom. The monoisotopic (exact) mass is 319 g/mol. The number of piperidine rings is 1. The summed E-state index contributed by atoms with van der Waals surface area (Å²) < 4.78 is 0. The van der Waals surface area contributed by atoms with Gasteiger partial charge in [0.1, 0.15) is 0 Å². The Morgan fingerprint density at radius 1 is 1.22 bits per heavy atom. The number of aliphatic hydroxyl groups excluding tert-OH is 1. The van der Waals surface area contributed by atoms with Gasteiger partial charge in [-0.1, -0.05) is 30.3 Å². The maximum Gasteiger partial charge on any atom is 0.315 e. The van der Waals surface area contributed by atoms with Crippen molar-refractivity contribution in [1.82, 2.24) is 16.0 Å². The summed E-state index contributed by atoms with van der Waals surface area (Å²) in [4.78, 5) is 12.3. The zero-order valence-electron chi connectivity index (χ0n) is 14.5. The number of amides is 2. The average Bonchev–Trinajstić information content (AvgIpc) is 2.42. The van der Waals surface area contributed by atoms with Crippen LogP contribution in [0.3, 0.4) is 0 Å². The quantitative estimate of drug-likeness (QED) is 0.688.